The molecule has 0 radical (unpaired) electrons. The Kier molecular flexibility index (Phi) is 4.16. The molecule has 2 aromatic rings. The second-order valence-electron chi connectivity index (χ2n) is 5.11. The lowest BCUT2D eigenvalue weighted by Gasteiger charge is -2.25. The summed E-state index contributed by atoms with van der Waals surface area (Å²) in [6.45, 7) is 2.92. The van der Waals surface area contributed by atoms with Crippen molar-refractivity contribution in [1.82, 2.24) is 15.4 Å². The van der Waals surface area contributed by atoms with Crippen LogP contribution in [0, 0.1) is 13.8 Å². The molecule has 1 atom stereocenters. The summed E-state index contributed by atoms with van der Waals surface area (Å²) in [7, 11) is -4.01. The first kappa shape index (κ1) is 16.3. The molecule has 1 aromatic carbocycles. The Labute approximate surface area is 137 Å². The van der Waals surface area contributed by atoms with E-state index in [0.717, 1.165) is 0 Å². The Hall–Kier alpha value is -2.59. The van der Waals surface area contributed by atoms with E-state index in [4.69, 9.17) is 14.0 Å². The van der Waals surface area contributed by atoms with Crippen molar-refractivity contribution in [3.05, 3.63) is 35.7 Å². The largest absolute Gasteiger partial charge is 0.485 e. The molecule has 9 nitrogen and oxygen atoms in total. The lowest BCUT2D eigenvalue weighted by atomic mass is 10.2. The van der Waals surface area contributed by atoms with Crippen LogP contribution in [0.3, 0.4) is 0 Å². The minimum Gasteiger partial charge on any atom is -0.485 e. The molecule has 2 N–H and O–H groups in total. The second kappa shape index (κ2) is 6.13. The topological polar surface area (TPSA) is 120 Å². The molecule has 128 valence electrons. The number of sulfonamides is 1. The molecule has 0 unspecified atom stereocenters. The van der Waals surface area contributed by atoms with Gasteiger partial charge >= 0.3 is 0 Å². The van der Waals surface area contributed by atoms with Crippen molar-refractivity contribution in [2.75, 3.05) is 6.61 Å². The highest BCUT2D eigenvalue weighted by atomic mass is 32.2. The van der Waals surface area contributed by atoms with Crippen molar-refractivity contribution in [3.8, 4) is 11.5 Å². The van der Waals surface area contributed by atoms with E-state index in [0.29, 0.717) is 11.5 Å². The maximum atomic E-state index is 12.2. The zero-order valence-corrected chi connectivity index (χ0v) is 13.7. The predicted octanol–water partition coefficient (Wildman–Crippen LogP) is 0.441. The molecule has 0 fully saturated rings. The number of nitrogens with one attached hydrogen (secondary N) is 2. The van der Waals surface area contributed by atoms with Crippen LogP contribution in [0.15, 0.2) is 33.7 Å². The van der Waals surface area contributed by atoms with E-state index in [-0.39, 0.29) is 23.0 Å². The predicted molar refractivity (Wildman–Crippen MR) is 80.8 cm³/mol. The zero-order chi connectivity index (χ0) is 17.3. The summed E-state index contributed by atoms with van der Waals surface area (Å²) in [5.74, 6) is 0.385. The number of aromatic nitrogens is 1. The first-order valence-electron chi connectivity index (χ1n) is 7.01. The molecular weight excluding hydrogens is 338 g/mol. The van der Waals surface area contributed by atoms with Crippen molar-refractivity contribution in [3.63, 3.8) is 0 Å². The Bertz CT molecular complexity index is 857. The highest BCUT2D eigenvalue weighted by Crippen LogP contribution is 2.30. The molecule has 0 saturated heterocycles. The van der Waals surface area contributed by atoms with Gasteiger partial charge in [-0.15, -0.1) is 4.83 Å². The van der Waals surface area contributed by atoms with Crippen molar-refractivity contribution >= 4 is 15.9 Å². The van der Waals surface area contributed by atoms with E-state index >= 15 is 0 Å². The number of aryl methyl sites for hydroxylation is 2. The number of hydrazine groups is 1. The minimum absolute atomic E-state index is 0.0318. The lowest BCUT2D eigenvalue weighted by molar-refractivity contribution is -0.130. The Balaban J connectivity index is 1.66. The van der Waals surface area contributed by atoms with Gasteiger partial charge in [0.2, 0.25) is 6.10 Å². The van der Waals surface area contributed by atoms with E-state index in [1.165, 1.54) is 13.8 Å². The highest BCUT2D eigenvalue weighted by molar-refractivity contribution is 7.89. The normalized spacial score (nSPS) is 16.7. The first-order valence-corrected chi connectivity index (χ1v) is 8.50. The fraction of sp³-hybridized carbons (Fsp3) is 0.286. The van der Waals surface area contributed by atoms with Crippen molar-refractivity contribution < 1.29 is 27.2 Å². The average Bonchev–Trinajstić information content (AvgIpc) is 2.91. The molecule has 1 aromatic heterocycles. The van der Waals surface area contributed by atoms with Crippen LogP contribution in [0.4, 0.5) is 0 Å². The molecule has 3 rings (SSSR count). The number of nitrogens with zero attached hydrogens (tertiary/aromatic N) is 1. The summed E-state index contributed by atoms with van der Waals surface area (Å²) in [6.07, 6.45) is -0.979. The third-order valence-electron chi connectivity index (χ3n) is 3.35. The lowest BCUT2D eigenvalue weighted by Crippen LogP contribution is -2.50. The number of amides is 1. The van der Waals surface area contributed by atoms with Crippen LogP contribution in [0.25, 0.3) is 0 Å². The van der Waals surface area contributed by atoms with E-state index in [9.17, 15) is 13.2 Å². The molecule has 1 aliphatic rings. The average molecular weight is 353 g/mol. The van der Waals surface area contributed by atoms with Gasteiger partial charge in [0.05, 0.1) is 0 Å². The Morgan fingerprint density at radius 3 is 2.62 bits per heavy atom. The third-order valence-corrected chi connectivity index (χ3v) is 4.84. The van der Waals surface area contributed by atoms with Crippen LogP contribution in [-0.2, 0) is 14.8 Å². The molecule has 0 bridgehead atoms. The number of carbonyl (C=O) groups excluding carboxylic acids is 1. The fourth-order valence-electron chi connectivity index (χ4n) is 2.26. The number of benzene rings is 1. The highest BCUT2D eigenvalue weighted by Gasteiger charge is 2.30. The second-order valence-corrected chi connectivity index (χ2v) is 6.73. The van der Waals surface area contributed by atoms with Crippen LogP contribution in [-0.4, -0.2) is 32.2 Å². The van der Waals surface area contributed by atoms with Gasteiger partial charge in [0.25, 0.3) is 15.9 Å². The summed E-state index contributed by atoms with van der Waals surface area (Å²) in [5.41, 5.74) is 2.31. The van der Waals surface area contributed by atoms with E-state index in [1.807, 2.05) is 4.83 Å². The Morgan fingerprint density at radius 1 is 1.25 bits per heavy atom. The maximum Gasteiger partial charge on any atom is 0.279 e. The van der Waals surface area contributed by atoms with Crippen LogP contribution in [0.5, 0.6) is 11.5 Å². The van der Waals surface area contributed by atoms with Crippen molar-refractivity contribution in [2.45, 2.75) is 24.8 Å². The van der Waals surface area contributed by atoms with Crippen LogP contribution in [0.1, 0.15) is 11.5 Å². The molecule has 10 heteroatoms. The van der Waals surface area contributed by atoms with Gasteiger partial charge in [-0.2, -0.15) is 0 Å². The van der Waals surface area contributed by atoms with Crippen LogP contribution < -0.4 is 19.7 Å². The quantitative estimate of drug-likeness (QED) is 0.765. The molecule has 1 amide bonds. The van der Waals surface area contributed by atoms with Gasteiger partial charge < -0.3 is 14.0 Å². The van der Waals surface area contributed by atoms with E-state index in [2.05, 4.69) is 10.6 Å². The Morgan fingerprint density at radius 2 is 1.96 bits per heavy atom. The number of carbonyl (C=O) groups is 1. The zero-order valence-electron chi connectivity index (χ0n) is 12.9. The third kappa shape index (κ3) is 3.05. The standard InChI is InChI=1S/C14H15N3O6S/c1-8-13(9(2)23-16-8)24(19,20)17-15-14(18)12-7-21-10-5-3-4-6-11(10)22-12/h3-6,12,17H,7H2,1-2H3,(H,15,18)/t12-/m1/s1. The minimum atomic E-state index is -4.01. The van der Waals surface area contributed by atoms with Crippen LogP contribution >= 0.6 is 0 Å². The number of fused-ring (bicyclic) bond motifs is 1. The fourth-order valence-corrected chi connectivity index (χ4v) is 3.43. The maximum absolute atomic E-state index is 12.2. The molecule has 24 heavy (non-hydrogen) atoms. The summed E-state index contributed by atoms with van der Waals surface area (Å²) < 4.78 is 40.2. The SMILES string of the molecule is Cc1noc(C)c1S(=O)(=O)NNC(=O)[C@H]1COc2ccccc2O1. The molecule has 1 aliphatic heterocycles. The number of hydrogen-bond acceptors (Lipinski definition) is 7. The van der Waals surface area contributed by atoms with E-state index in [1.54, 1.807) is 24.3 Å². The smallest absolute Gasteiger partial charge is 0.279 e. The monoisotopic (exact) mass is 353 g/mol. The van der Waals surface area contributed by atoms with Gasteiger partial charge in [-0.25, -0.2) is 8.42 Å². The number of hydrogen-bond donors (Lipinski definition) is 2. The van der Waals surface area contributed by atoms with Crippen LogP contribution in [0.2, 0.25) is 0 Å². The summed E-state index contributed by atoms with van der Waals surface area (Å²) in [4.78, 5) is 14.0. The molecule has 0 spiro atoms. The van der Waals surface area contributed by atoms with Gasteiger partial charge in [-0.1, -0.05) is 17.3 Å². The number of ether oxygens (including phenoxy) is 2. The number of rotatable bonds is 4. The van der Waals surface area contributed by atoms with E-state index < -0.39 is 22.0 Å². The molecule has 0 aliphatic carbocycles. The van der Waals surface area contributed by atoms with Gasteiger partial charge in [-0.05, 0) is 26.0 Å². The first-order chi connectivity index (χ1) is 11.4. The van der Waals surface area contributed by atoms with Gasteiger partial charge in [0, 0.05) is 0 Å². The summed E-state index contributed by atoms with van der Waals surface area (Å²) in [6, 6.07) is 6.88. The molecular formula is C14H15N3O6S. The number of para-hydroxylation sites is 2. The van der Waals surface area contributed by atoms with Crippen molar-refractivity contribution in [1.29, 1.82) is 0 Å². The van der Waals surface area contributed by atoms with Gasteiger partial charge in [0.1, 0.15) is 17.2 Å². The summed E-state index contributed by atoms with van der Waals surface area (Å²) >= 11 is 0. The summed E-state index contributed by atoms with van der Waals surface area (Å²) in [5, 5.41) is 3.57. The molecule has 2 heterocycles. The van der Waals surface area contributed by atoms with Crippen molar-refractivity contribution in [2.24, 2.45) is 0 Å². The van der Waals surface area contributed by atoms with Gasteiger partial charge in [0.15, 0.2) is 17.3 Å². The van der Waals surface area contributed by atoms with Gasteiger partial charge in [-0.3, -0.25) is 10.2 Å². The molecule has 0 saturated carbocycles.